The molecule has 0 fully saturated rings. The average Bonchev–Trinajstić information content (AvgIpc) is 2.49. The fourth-order valence-electron chi connectivity index (χ4n) is 1.71. The molecule has 0 aliphatic heterocycles. The van der Waals surface area contributed by atoms with Gasteiger partial charge in [0.05, 0.1) is 22.0 Å². The lowest BCUT2D eigenvalue weighted by Crippen LogP contribution is -2.16. The van der Waals surface area contributed by atoms with Gasteiger partial charge in [0.2, 0.25) is 5.95 Å². The van der Waals surface area contributed by atoms with Crippen molar-refractivity contribution in [3.63, 3.8) is 0 Å². The third-order valence-electron chi connectivity index (χ3n) is 2.79. The molecular weight excluding hydrogens is 313 g/mol. The van der Waals surface area contributed by atoms with Crippen LogP contribution in [0.25, 0.3) is 0 Å². The smallest absolute Gasteiger partial charge is 0.259 e. The molecule has 0 saturated heterocycles. The molecule has 0 aromatic carbocycles. The maximum absolute atomic E-state index is 12.1. The fourth-order valence-corrected chi connectivity index (χ4v) is 1.98. The second-order valence-corrected chi connectivity index (χ2v) is 4.95. The normalized spacial score (nSPS) is 10.5. The topological polar surface area (TPSA) is 80.7 Å². The summed E-state index contributed by atoms with van der Waals surface area (Å²) in [4.78, 5) is 20.2. The molecule has 0 unspecified atom stereocenters. The number of rotatable bonds is 4. The Morgan fingerprint density at radius 3 is 2.52 bits per heavy atom. The van der Waals surface area contributed by atoms with E-state index in [4.69, 9.17) is 23.2 Å². The van der Waals surface area contributed by atoms with Gasteiger partial charge in [0.1, 0.15) is 5.15 Å². The van der Waals surface area contributed by atoms with Crippen LogP contribution in [0.4, 0.5) is 5.95 Å². The minimum Gasteiger partial charge on any atom is -0.289 e. The fraction of sp³-hybridized carbons (Fsp3) is 0.308. The summed E-state index contributed by atoms with van der Waals surface area (Å²) in [6, 6.07) is 1.43. The lowest BCUT2D eigenvalue weighted by Gasteiger charge is -2.07. The molecule has 1 N–H and O–H groups in total. The van der Waals surface area contributed by atoms with Crippen LogP contribution in [0, 0.1) is 0 Å². The van der Waals surface area contributed by atoms with E-state index >= 15 is 0 Å². The van der Waals surface area contributed by atoms with E-state index < -0.39 is 5.91 Å². The predicted molar refractivity (Wildman–Crippen MR) is 80.8 cm³/mol. The molecule has 0 saturated carbocycles. The van der Waals surface area contributed by atoms with Gasteiger partial charge >= 0.3 is 0 Å². The van der Waals surface area contributed by atoms with Gasteiger partial charge in [0.15, 0.2) is 0 Å². The molecular formula is C13H13Cl2N5O. The van der Waals surface area contributed by atoms with Gasteiger partial charge < -0.3 is 0 Å². The number of hydrogen-bond donors (Lipinski definition) is 1. The Balaban J connectivity index is 2.21. The second-order valence-electron chi connectivity index (χ2n) is 4.19. The summed E-state index contributed by atoms with van der Waals surface area (Å²) in [5.74, 6) is -0.269. The van der Waals surface area contributed by atoms with Crippen LogP contribution >= 0.6 is 23.2 Å². The highest BCUT2D eigenvalue weighted by atomic mass is 35.5. The summed E-state index contributed by atoms with van der Waals surface area (Å²) in [6.45, 7) is 3.95. The first kappa shape index (κ1) is 15.6. The van der Waals surface area contributed by atoms with E-state index in [1.165, 1.54) is 12.3 Å². The minimum absolute atomic E-state index is 0.145. The monoisotopic (exact) mass is 325 g/mol. The van der Waals surface area contributed by atoms with Crippen molar-refractivity contribution >= 4 is 35.1 Å². The molecule has 0 aliphatic carbocycles. The summed E-state index contributed by atoms with van der Waals surface area (Å²) in [7, 11) is 0. The van der Waals surface area contributed by atoms with Gasteiger partial charge in [-0.2, -0.15) is 0 Å². The first-order chi connectivity index (χ1) is 10.0. The third kappa shape index (κ3) is 3.65. The van der Waals surface area contributed by atoms with Crippen LogP contribution in [0.3, 0.4) is 0 Å². The predicted octanol–water partition coefficient (Wildman–Crippen LogP) is 2.95. The van der Waals surface area contributed by atoms with Gasteiger partial charge in [-0.25, -0.2) is 9.97 Å². The van der Waals surface area contributed by atoms with E-state index in [-0.39, 0.29) is 21.7 Å². The highest BCUT2D eigenvalue weighted by molar-refractivity contribution is 6.41. The van der Waals surface area contributed by atoms with Crippen LogP contribution in [-0.4, -0.2) is 26.1 Å². The molecule has 2 rings (SSSR count). The van der Waals surface area contributed by atoms with E-state index in [1.807, 2.05) is 13.8 Å². The van der Waals surface area contributed by atoms with Crippen molar-refractivity contribution in [1.82, 2.24) is 20.2 Å². The number of carbonyl (C=O) groups excluding carboxylic acids is 1. The van der Waals surface area contributed by atoms with E-state index in [0.29, 0.717) is 0 Å². The zero-order valence-corrected chi connectivity index (χ0v) is 13.0. The first-order valence-electron chi connectivity index (χ1n) is 6.40. The SMILES string of the molecule is CCc1nnc(NC(=O)c2cnc(Cl)c(Cl)c2)nc1CC. The van der Waals surface area contributed by atoms with Crippen LogP contribution in [0.2, 0.25) is 10.2 Å². The van der Waals surface area contributed by atoms with Gasteiger partial charge in [-0.3, -0.25) is 10.1 Å². The number of anilines is 1. The van der Waals surface area contributed by atoms with E-state index in [2.05, 4.69) is 25.5 Å². The number of nitrogens with zero attached hydrogens (tertiary/aromatic N) is 4. The number of nitrogens with one attached hydrogen (secondary N) is 1. The molecule has 0 aliphatic rings. The van der Waals surface area contributed by atoms with Crippen molar-refractivity contribution < 1.29 is 4.79 Å². The summed E-state index contributed by atoms with van der Waals surface area (Å²) in [5, 5.41) is 10.9. The molecule has 21 heavy (non-hydrogen) atoms. The van der Waals surface area contributed by atoms with Crippen LogP contribution in [0.5, 0.6) is 0 Å². The molecule has 0 radical (unpaired) electrons. The van der Waals surface area contributed by atoms with Gasteiger partial charge in [-0.05, 0) is 18.9 Å². The van der Waals surface area contributed by atoms with Gasteiger partial charge in [-0.1, -0.05) is 37.0 Å². The summed E-state index contributed by atoms with van der Waals surface area (Å²) in [5.41, 5.74) is 1.91. The summed E-state index contributed by atoms with van der Waals surface area (Å²) in [6.07, 6.45) is 2.79. The number of pyridine rings is 1. The number of aryl methyl sites for hydroxylation is 2. The van der Waals surface area contributed by atoms with Crippen molar-refractivity contribution in [1.29, 1.82) is 0 Å². The molecule has 0 bridgehead atoms. The second kappa shape index (κ2) is 6.78. The Bertz CT molecular complexity index is 678. The molecule has 2 aromatic rings. The Hall–Kier alpha value is -1.79. The van der Waals surface area contributed by atoms with Crippen molar-refractivity contribution in [2.24, 2.45) is 0 Å². The Morgan fingerprint density at radius 1 is 1.19 bits per heavy atom. The Kier molecular flexibility index (Phi) is 5.03. The van der Waals surface area contributed by atoms with Crippen LogP contribution in [0.15, 0.2) is 12.3 Å². The number of halogens is 2. The van der Waals surface area contributed by atoms with Crippen LogP contribution in [0.1, 0.15) is 35.6 Å². The summed E-state index contributed by atoms with van der Waals surface area (Å²) >= 11 is 11.5. The number of hydrogen-bond acceptors (Lipinski definition) is 5. The molecule has 8 heteroatoms. The van der Waals surface area contributed by atoms with Crippen molar-refractivity contribution in [2.75, 3.05) is 5.32 Å². The zero-order valence-electron chi connectivity index (χ0n) is 11.5. The Morgan fingerprint density at radius 2 is 1.90 bits per heavy atom. The number of carbonyl (C=O) groups is 1. The zero-order chi connectivity index (χ0) is 15.4. The molecule has 0 spiro atoms. The first-order valence-corrected chi connectivity index (χ1v) is 7.15. The maximum Gasteiger partial charge on any atom is 0.259 e. The third-order valence-corrected chi connectivity index (χ3v) is 3.48. The summed E-state index contributed by atoms with van der Waals surface area (Å²) < 4.78 is 0. The van der Waals surface area contributed by atoms with Gasteiger partial charge in [0.25, 0.3) is 5.91 Å². The van der Waals surface area contributed by atoms with Crippen molar-refractivity contribution in [2.45, 2.75) is 26.7 Å². The number of aromatic nitrogens is 4. The molecule has 1 amide bonds. The Labute approximate surface area is 131 Å². The van der Waals surface area contributed by atoms with Crippen LogP contribution < -0.4 is 5.32 Å². The highest BCUT2D eigenvalue weighted by Gasteiger charge is 2.12. The van der Waals surface area contributed by atoms with E-state index in [1.54, 1.807) is 0 Å². The molecule has 2 heterocycles. The highest BCUT2D eigenvalue weighted by Crippen LogP contribution is 2.20. The molecule has 110 valence electrons. The molecule has 0 atom stereocenters. The van der Waals surface area contributed by atoms with Crippen LogP contribution in [-0.2, 0) is 12.8 Å². The maximum atomic E-state index is 12.1. The molecule has 6 nitrogen and oxygen atoms in total. The lowest BCUT2D eigenvalue weighted by molar-refractivity contribution is 0.102. The number of amides is 1. The van der Waals surface area contributed by atoms with Crippen molar-refractivity contribution in [3.8, 4) is 0 Å². The van der Waals surface area contributed by atoms with E-state index in [0.717, 1.165) is 24.2 Å². The largest absolute Gasteiger partial charge is 0.289 e. The molecule has 2 aromatic heterocycles. The van der Waals surface area contributed by atoms with Gasteiger partial charge in [-0.15, -0.1) is 10.2 Å². The van der Waals surface area contributed by atoms with Crippen molar-refractivity contribution in [3.05, 3.63) is 39.4 Å². The average molecular weight is 326 g/mol. The lowest BCUT2D eigenvalue weighted by atomic mass is 10.2. The van der Waals surface area contributed by atoms with E-state index in [9.17, 15) is 4.79 Å². The quantitative estimate of drug-likeness (QED) is 0.874. The minimum atomic E-state index is -0.422. The standard InChI is InChI=1S/C13H13Cl2N5O/c1-3-9-10(4-2)19-20-13(17-9)18-12(21)7-5-8(14)11(15)16-6-7/h5-6H,3-4H2,1-2H3,(H,17,18,20,21). The van der Waals surface area contributed by atoms with Gasteiger partial charge in [0, 0.05) is 6.20 Å².